The second kappa shape index (κ2) is 8.00. The second-order valence-corrected chi connectivity index (χ2v) is 9.18. The van der Waals surface area contributed by atoms with Crippen LogP contribution in [0, 0.1) is 5.92 Å². The van der Waals surface area contributed by atoms with E-state index in [1.807, 2.05) is 23.6 Å². The highest BCUT2D eigenvalue weighted by Gasteiger charge is 2.50. The zero-order valence-electron chi connectivity index (χ0n) is 14.3. The number of rotatable bonds is 3. The van der Waals surface area contributed by atoms with Crippen LogP contribution in [-0.4, -0.2) is 46.2 Å². The lowest BCUT2D eigenvalue weighted by molar-refractivity contribution is -0.0763. The van der Waals surface area contributed by atoms with Crippen molar-refractivity contribution in [1.29, 1.82) is 0 Å². The maximum Gasteiger partial charge on any atom is 0.257 e. The first-order valence-electron chi connectivity index (χ1n) is 8.54. The largest absolute Gasteiger partial charge is 0.394 e. The maximum atomic E-state index is 12.5. The lowest BCUT2D eigenvalue weighted by Gasteiger charge is -2.44. The summed E-state index contributed by atoms with van der Waals surface area (Å²) in [6.45, 7) is 0.342. The Labute approximate surface area is 173 Å². The number of carbonyl (C=O) groups is 1. The number of aliphatic hydroxyl groups excluding tert-OH is 1. The van der Waals surface area contributed by atoms with E-state index in [9.17, 15) is 9.90 Å². The normalized spacial score (nSPS) is 27.6. The Hall–Kier alpha value is -1.26. The Morgan fingerprint density at radius 3 is 2.93 bits per heavy atom. The number of hydrogen-bond donors (Lipinski definition) is 2. The number of amides is 1. The number of aromatic nitrogens is 1. The minimum Gasteiger partial charge on any atom is -0.394 e. The molecule has 3 heterocycles. The summed E-state index contributed by atoms with van der Waals surface area (Å²) >= 11 is 6.48. The van der Waals surface area contributed by atoms with Gasteiger partial charge in [-0.3, -0.25) is 4.79 Å². The van der Waals surface area contributed by atoms with Gasteiger partial charge in [-0.1, -0.05) is 30.0 Å². The summed E-state index contributed by atoms with van der Waals surface area (Å²) < 4.78 is 6.64. The van der Waals surface area contributed by atoms with E-state index in [2.05, 4.69) is 26.2 Å². The van der Waals surface area contributed by atoms with E-state index in [0.29, 0.717) is 23.8 Å². The van der Waals surface area contributed by atoms with E-state index in [0.717, 1.165) is 15.4 Å². The molecule has 1 amide bonds. The molecule has 3 atom stereocenters. The van der Waals surface area contributed by atoms with Gasteiger partial charge in [-0.05, 0) is 34.5 Å². The molecule has 1 aromatic heterocycles. The van der Waals surface area contributed by atoms with Gasteiger partial charge >= 0.3 is 0 Å². The van der Waals surface area contributed by atoms with Crippen molar-refractivity contribution in [3.63, 3.8) is 0 Å². The minimum absolute atomic E-state index is 0.000124. The van der Waals surface area contributed by atoms with Gasteiger partial charge in [-0.2, -0.15) is 0 Å². The summed E-state index contributed by atoms with van der Waals surface area (Å²) in [5.74, 6) is 0.787. The molecule has 142 valence electrons. The number of benzene rings is 1. The molecule has 2 aromatic rings. The third-order valence-corrected chi connectivity index (χ3v) is 7.54. The van der Waals surface area contributed by atoms with Crippen LogP contribution in [0.3, 0.4) is 0 Å². The Morgan fingerprint density at radius 1 is 1.41 bits per heavy atom. The Morgan fingerprint density at radius 2 is 2.22 bits per heavy atom. The fraction of sp³-hybridized carbons (Fsp3) is 0.389. The molecule has 1 saturated heterocycles. The van der Waals surface area contributed by atoms with Gasteiger partial charge in [-0.25, -0.2) is 9.98 Å². The lowest BCUT2D eigenvalue weighted by atomic mass is 9.80. The van der Waals surface area contributed by atoms with Crippen LogP contribution in [0.15, 0.2) is 45.3 Å². The molecule has 0 spiro atoms. The first-order valence-corrected chi connectivity index (χ1v) is 11.2. The highest BCUT2D eigenvalue weighted by molar-refractivity contribution is 9.10. The number of ether oxygens (including phenoxy) is 1. The van der Waals surface area contributed by atoms with Crippen molar-refractivity contribution in [3.8, 4) is 0 Å². The van der Waals surface area contributed by atoms with Crippen molar-refractivity contribution in [1.82, 2.24) is 10.3 Å². The minimum atomic E-state index is -0.632. The predicted molar refractivity (Wildman–Crippen MR) is 110 cm³/mol. The van der Waals surface area contributed by atoms with E-state index in [-0.39, 0.29) is 24.5 Å². The summed E-state index contributed by atoms with van der Waals surface area (Å²) in [6, 6.07) is 9.09. The van der Waals surface area contributed by atoms with Gasteiger partial charge in [0.2, 0.25) is 0 Å². The molecule has 6 nitrogen and oxygen atoms in total. The zero-order valence-corrected chi connectivity index (χ0v) is 17.5. The molecule has 1 fully saturated rings. The molecule has 2 aliphatic rings. The topological polar surface area (TPSA) is 83.8 Å². The number of fused-ring (bicyclic) bond motifs is 1. The number of thioether (sulfide) groups is 1. The van der Waals surface area contributed by atoms with Gasteiger partial charge in [0, 0.05) is 22.6 Å². The first-order chi connectivity index (χ1) is 13.1. The van der Waals surface area contributed by atoms with E-state index in [4.69, 9.17) is 9.73 Å². The predicted octanol–water partition coefficient (Wildman–Crippen LogP) is 3.03. The average molecular weight is 468 g/mol. The lowest BCUT2D eigenvalue weighted by Crippen LogP contribution is -2.51. The van der Waals surface area contributed by atoms with E-state index in [1.54, 1.807) is 12.1 Å². The van der Waals surface area contributed by atoms with Crippen LogP contribution in [0.1, 0.15) is 21.8 Å². The third kappa shape index (κ3) is 3.84. The van der Waals surface area contributed by atoms with Gasteiger partial charge in [0.15, 0.2) is 5.17 Å². The molecule has 0 radical (unpaired) electrons. The summed E-state index contributed by atoms with van der Waals surface area (Å²) in [7, 11) is 0. The average Bonchev–Trinajstić information content (AvgIpc) is 3.15. The van der Waals surface area contributed by atoms with Crippen LogP contribution < -0.4 is 5.32 Å². The van der Waals surface area contributed by atoms with Crippen molar-refractivity contribution in [2.75, 3.05) is 19.0 Å². The summed E-state index contributed by atoms with van der Waals surface area (Å²) in [6.07, 6.45) is 0.534. The fourth-order valence-corrected chi connectivity index (χ4v) is 5.98. The van der Waals surface area contributed by atoms with Gasteiger partial charge < -0.3 is 15.2 Å². The maximum absolute atomic E-state index is 12.5. The number of carbonyl (C=O) groups excluding carboxylic acids is 1. The molecule has 27 heavy (non-hydrogen) atoms. The summed E-state index contributed by atoms with van der Waals surface area (Å²) in [5.41, 5.74) is -0.0402. The van der Waals surface area contributed by atoms with Crippen molar-refractivity contribution in [2.45, 2.75) is 18.1 Å². The van der Waals surface area contributed by atoms with E-state index >= 15 is 0 Å². The van der Waals surface area contributed by atoms with Crippen LogP contribution in [0.4, 0.5) is 0 Å². The number of aliphatic imine (C=N–C) groups is 1. The molecule has 0 unspecified atom stereocenters. The van der Waals surface area contributed by atoms with Crippen molar-refractivity contribution < 1.29 is 14.6 Å². The van der Waals surface area contributed by atoms with Crippen molar-refractivity contribution in [2.24, 2.45) is 10.9 Å². The molecular formula is C18H18BrN3O3S2. The Kier molecular flexibility index (Phi) is 5.65. The Balaban J connectivity index is 1.64. The second-order valence-electron chi connectivity index (χ2n) is 6.50. The van der Waals surface area contributed by atoms with Crippen molar-refractivity contribution >= 4 is 50.1 Å². The molecule has 0 saturated carbocycles. The first kappa shape index (κ1) is 19.1. The van der Waals surface area contributed by atoms with Crippen LogP contribution in [-0.2, 0) is 10.3 Å². The summed E-state index contributed by atoms with van der Waals surface area (Å²) in [5, 5.41) is 15.8. The SMILES string of the molecule is O=C(NC1=N[C@@]2(c3nc(Br)cs3)CO[C@@H](CO)C[C@H]2CS1)c1ccccc1. The van der Waals surface area contributed by atoms with E-state index < -0.39 is 5.54 Å². The van der Waals surface area contributed by atoms with E-state index in [1.165, 1.54) is 23.1 Å². The van der Waals surface area contributed by atoms with Crippen LogP contribution in [0.5, 0.6) is 0 Å². The Bertz CT molecular complexity index is 861. The number of nitrogens with one attached hydrogen (secondary N) is 1. The molecule has 4 rings (SSSR count). The number of aliphatic hydroxyl groups is 1. The number of hydrogen-bond acceptors (Lipinski definition) is 7. The number of halogens is 1. The fourth-order valence-electron chi connectivity index (χ4n) is 3.35. The molecule has 9 heteroatoms. The summed E-state index contributed by atoms with van der Waals surface area (Å²) in [4.78, 5) is 22.0. The standard InChI is InChI=1S/C18H18BrN3O3S2/c19-14-9-26-16(20-14)18-10-25-13(7-23)6-12(18)8-27-17(22-18)21-15(24)11-4-2-1-3-5-11/h1-5,9,12-13,23H,6-8,10H2,(H,21,22,24)/t12-,13+,18-/m0/s1. The molecule has 0 bridgehead atoms. The molecular weight excluding hydrogens is 450 g/mol. The number of amidine groups is 1. The quantitative estimate of drug-likeness (QED) is 0.724. The number of thiazole rings is 1. The van der Waals surface area contributed by atoms with Gasteiger partial charge in [0.1, 0.15) is 15.1 Å². The van der Waals surface area contributed by atoms with Gasteiger partial charge in [0.05, 0.1) is 19.3 Å². The zero-order chi connectivity index (χ0) is 18.9. The highest BCUT2D eigenvalue weighted by Crippen LogP contribution is 2.47. The molecule has 2 N–H and O–H groups in total. The van der Waals surface area contributed by atoms with Crippen LogP contribution in [0.25, 0.3) is 0 Å². The van der Waals surface area contributed by atoms with Crippen LogP contribution >= 0.6 is 39.0 Å². The number of nitrogens with zero attached hydrogens (tertiary/aromatic N) is 2. The van der Waals surface area contributed by atoms with Crippen LogP contribution in [0.2, 0.25) is 0 Å². The monoisotopic (exact) mass is 467 g/mol. The molecule has 0 aliphatic carbocycles. The van der Waals surface area contributed by atoms with Gasteiger partial charge in [-0.15, -0.1) is 11.3 Å². The molecule has 1 aromatic carbocycles. The van der Waals surface area contributed by atoms with Gasteiger partial charge in [0.25, 0.3) is 5.91 Å². The smallest absolute Gasteiger partial charge is 0.257 e. The third-order valence-electron chi connectivity index (χ3n) is 4.79. The van der Waals surface area contributed by atoms with Crippen molar-refractivity contribution in [3.05, 3.63) is 50.9 Å². The highest BCUT2D eigenvalue weighted by atomic mass is 79.9. The molecule has 2 aliphatic heterocycles.